The predicted octanol–water partition coefficient (Wildman–Crippen LogP) is 2.01. The van der Waals surface area contributed by atoms with Crippen LogP contribution in [0.15, 0.2) is 12.1 Å². The van der Waals surface area contributed by atoms with Crippen LogP contribution in [0.3, 0.4) is 0 Å². The van der Waals surface area contributed by atoms with Crippen molar-refractivity contribution in [3.05, 3.63) is 35.1 Å². The summed E-state index contributed by atoms with van der Waals surface area (Å²) < 4.78 is 66.7. The van der Waals surface area contributed by atoms with Crippen molar-refractivity contribution in [1.29, 1.82) is 0 Å². The van der Waals surface area contributed by atoms with Gasteiger partial charge in [0.1, 0.15) is 6.17 Å². The second kappa shape index (κ2) is 7.58. The minimum Gasteiger partial charge on any atom is -0.379 e. The zero-order valence-corrected chi connectivity index (χ0v) is 11.6. The van der Waals surface area contributed by atoms with Gasteiger partial charge in [0.05, 0.1) is 6.61 Å². The van der Waals surface area contributed by atoms with Crippen molar-refractivity contribution < 1.29 is 30.8 Å². The summed E-state index contributed by atoms with van der Waals surface area (Å²) in [7, 11) is 0.415. The first-order chi connectivity index (χ1) is 8.97. The molecule has 0 aliphatic rings. The second-order valence-electron chi connectivity index (χ2n) is 3.77. The maximum absolute atomic E-state index is 13.5. The van der Waals surface area contributed by atoms with E-state index in [4.69, 9.17) is 13.3 Å². The summed E-state index contributed by atoms with van der Waals surface area (Å²) in [4.78, 5) is 0. The molecular formula is C11H14F4O3Si. The molecule has 0 saturated carbocycles. The van der Waals surface area contributed by atoms with Crippen molar-refractivity contribution in [1.82, 2.24) is 0 Å². The lowest BCUT2D eigenvalue weighted by Gasteiger charge is -2.14. The molecule has 1 unspecified atom stereocenters. The first-order valence-corrected chi connectivity index (χ1v) is 6.84. The summed E-state index contributed by atoms with van der Waals surface area (Å²) in [5.74, 6) is -4.25. The van der Waals surface area contributed by atoms with Crippen molar-refractivity contribution in [3.8, 4) is 0 Å². The maximum atomic E-state index is 13.5. The Balaban J connectivity index is 2.55. The van der Waals surface area contributed by atoms with Gasteiger partial charge in [-0.25, -0.2) is 17.6 Å². The van der Waals surface area contributed by atoms with E-state index in [1.165, 1.54) is 14.2 Å². The van der Waals surface area contributed by atoms with Gasteiger partial charge in [-0.15, -0.1) is 0 Å². The molecule has 0 aromatic heterocycles. The van der Waals surface area contributed by atoms with Crippen LogP contribution in [0, 0.1) is 17.5 Å². The quantitative estimate of drug-likeness (QED) is 0.438. The summed E-state index contributed by atoms with van der Waals surface area (Å²) in [6.07, 6.45) is -1.78. The van der Waals surface area contributed by atoms with Gasteiger partial charge in [0.2, 0.25) is 0 Å². The van der Waals surface area contributed by atoms with E-state index in [2.05, 4.69) is 0 Å². The van der Waals surface area contributed by atoms with Gasteiger partial charge in [-0.05, 0) is 17.7 Å². The molecule has 3 nitrogen and oxygen atoms in total. The third-order valence-corrected chi connectivity index (χ3v) is 3.53. The van der Waals surface area contributed by atoms with Gasteiger partial charge in [-0.2, -0.15) is 0 Å². The van der Waals surface area contributed by atoms with Crippen LogP contribution in [-0.4, -0.2) is 36.5 Å². The Morgan fingerprint density at radius 1 is 1.11 bits per heavy atom. The highest BCUT2D eigenvalue weighted by Crippen LogP contribution is 2.16. The lowest BCUT2D eigenvalue weighted by molar-refractivity contribution is 0.101. The highest BCUT2D eigenvalue weighted by molar-refractivity contribution is 6.36. The number of rotatable bonds is 7. The molecule has 0 N–H and O–H groups in total. The van der Waals surface area contributed by atoms with Crippen LogP contribution >= 0.6 is 0 Å². The van der Waals surface area contributed by atoms with Crippen molar-refractivity contribution in [3.63, 3.8) is 0 Å². The van der Waals surface area contributed by atoms with Crippen LogP contribution < -0.4 is 0 Å². The Morgan fingerprint density at radius 2 is 1.63 bits per heavy atom. The Kier molecular flexibility index (Phi) is 6.42. The molecule has 0 aliphatic heterocycles. The Morgan fingerprint density at radius 3 is 2.11 bits per heavy atom. The SMILES string of the molecule is CO[SiH](OC)OCC(F)Cc1cc(F)c(F)c(F)c1. The minimum absolute atomic E-state index is 0.0144. The van der Waals surface area contributed by atoms with E-state index in [9.17, 15) is 17.6 Å². The van der Waals surface area contributed by atoms with E-state index in [0.29, 0.717) is 0 Å². The first-order valence-electron chi connectivity index (χ1n) is 5.42. The number of hydrogen-bond acceptors (Lipinski definition) is 3. The molecule has 0 aliphatic carbocycles. The third-order valence-electron chi connectivity index (χ3n) is 2.30. The van der Waals surface area contributed by atoms with E-state index in [1.54, 1.807) is 0 Å². The number of halogens is 4. The molecule has 0 bridgehead atoms. The van der Waals surface area contributed by atoms with Crippen molar-refractivity contribution in [2.45, 2.75) is 12.6 Å². The molecule has 0 heterocycles. The fraction of sp³-hybridized carbons (Fsp3) is 0.455. The summed E-state index contributed by atoms with van der Waals surface area (Å²) in [6, 6.07) is 1.51. The van der Waals surface area contributed by atoms with Crippen LogP contribution in [0.2, 0.25) is 0 Å². The molecule has 0 spiro atoms. The average molecular weight is 298 g/mol. The van der Waals surface area contributed by atoms with Crippen LogP contribution in [0.4, 0.5) is 17.6 Å². The zero-order valence-electron chi connectivity index (χ0n) is 10.5. The zero-order chi connectivity index (χ0) is 14.4. The molecular weight excluding hydrogens is 284 g/mol. The van der Waals surface area contributed by atoms with E-state index >= 15 is 0 Å². The van der Waals surface area contributed by atoms with E-state index in [-0.39, 0.29) is 18.6 Å². The number of hydrogen-bond donors (Lipinski definition) is 0. The van der Waals surface area contributed by atoms with E-state index in [0.717, 1.165) is 12.1 Å². The Labute approximate surface area is 110 Å². The largest absolute Gasteiger partial charge is 0.483 e. The summed E-state index contributed by atoms with van der Waals surface area (Å²) in [5, 5.41) is 0. The molecule has 1 aromatic carbocycles. The van der Waals surface area contributed by atoms with Gasteiger partial charge in [-0.3, -0.25) is 0 Å². The minimum atomic E-state index is -2.33. The highest BCUT2D eigenvalue weighted by Gasteiger charge is 2.17. The molecule has 8 heteroatoms. The molecule has 0 saturated heterocycles. The third kappa shape index (κ3) is 4.90. The smallest absolute Gasteiger partial charge is 0.379 e. The summed E-state index contributed by atoms with van der Waals surface area (Å²) in [6.45, 7) is -0.320. The molecule has 108 valence electrons. The van der Waals surface area contributed by atoms with Gasteiger partial charge >= 0.3 is 9.53 Å². The van der Waals surface area contributed by atoms with Crippen LogP contribution in [0.5, 0.6) is 0 Å². The Hall–Kier alpha value is -0.963. The predicted molar refractivity (Wildman–Crippen MR) is 62.0 cm³/mol. The van der Waals surface area contributed by atoms with E-state index < -0.39 is 33.2 Å². The van der Waals surface area contributed by atoms with E-state index in [1.807, 2.05) is 0 Å². The Bertz CT molecular complexity index is 392. The molecule has 19 heavy (non-hydrogen) atoms. The first kappa shape index (κ1) is 16.1. The van der Waals surface area contributed by atoms with Gasteiger partial charge < -0.3 is 13.3 Å². The van der Waals surface area contributed by atoms with Gasteiger partial charge in [0, 0.05) is 20.6 Å². The van der Waals surface area contributed by atoms with Gasteiger partial charge in [0.25, 0.3) is 0 Å². The number of benzene rings is 1. The normalized spacial score (nSPS) is 13.0. The lowest BCUT2D eigenvalue weighted by Crippen LogP contribution is -2.28. The van der Waals surface area contributed by atoms with Crippen molar-refractivity contribution in [2.24, 2.45) is 0 Å². The highest BCUT2D eigenvalue weighted by atomic mass is 28.3. The maximum Gasteiger partial charge on any atom is 0.483 e. The van der Waals surface area contributed by atoms with Gasteiger partial charge in [0.15, 0.2) is 17.5 Å². The average Bonchev–Trinajstić information content (AvgIpc) is 2.37. The topological polar surface area (TPSA) is 27.7 Å². The molecule has 1 atom stereocenters. The molecule has 0 radical (unpaired) electrons. The molecule has 0 amide bonds. The fourth-order valence-electron chi connectivity index (χ4n) is 1.46. The van der Waals surface area contributed by atoms with Crippen LogP contribution in [0.1, 0.15) is 5.56 Å². The number of alkyl halides is 1. The van der Waals surface area contributed by atoms with Crippen molar-refractivity contribution in [2.75, 3.05) is 20.8 Å². The fourth-order valence-corrected chi connectivity index (χ4v) is 2.29. The van der Waals surface area contributed by atoms with Crippen molar-refractivity contribution >= 4 is 9.53 Å². The molecule has 1 aromatic rings. The summed E-state index contributed by atoms with van der Waals surface area (Å²) in [5.41, 5.74) is 0.0144. The van der Waals surface area contributed by atoms with Crippen LogP contribution in [0.25, 0.3) is 0 Å². The molecule has 1 rings (SSSR count). The van der Waals surface area contributed by atoms with Crippen LogP contribution in [-0.2, 0) is 19.7 Å². The van der Waals surface area contributed by atoms with Gasteiger partial charge in [-0.1, -0.05) is 0 Å². The second-order valence-corrected chi connectivity index (χ2v) is 5.62. The monoisotopic (exact) mass is 298 g/mol. The summed E-state index contributed by atoms with van der Waals surface area (Å²) >= 11 is 0. The molecule has 0 fully saturated rings. The lowest BCUT2D eigenvalue weighted by atomic mass is 10.1. The standard InChI is InChI=1S/C11H14F4O3Si/c1-16-19(17-2)18-6-8(12)3-7-4-9(13)11(15)10(14)5-7/h4-5,8,19H,3,6H2,1-2H3.